The van der Waals surface area contributed by atoms with E-state index in [1.54, 1.807) is 56.5 Å². The number of nitrogens with zero attached hydrogens (tertiary/aromatic N) is 1. The first-order valence-electron chi connectivity index (χ1n) is 9.24. The van der Waals surface area contributed by atoms with Crippen LogP contribution in [0.2, 0.25) is 10.0 Å². The first-order chi connectivity index (χ1) is 14.2. The smallest absolute Gasteiger partial charge is 0.325 e. The first-order valence-corrected chi connectivity index (χ1v) is 9.99. The van der Waals surface area contributed by atoms with Gasteiger partial charge in [0.15, 0.2) is 0 Å². The van der Waals surface area contributed by atoms with Gasteiger partial charge in [0.25, 0.3) is 5.91 Å². The molecule has 0 aromatic heterocycles. The molecule has 0 bridgehead atoms. The Kier molecular flexibility index (Phi) is 6.53. The lowest BCUT2D eigenvalue weighted by Gasteiger charge is -2.22. The van der Waals surface area contributed by atoms with E-state index in [1.807, 2.05) is 0 Å². The second-order valence-corrected chi connectivity index (χ2v) is 7.85. The quantitative estimate of drug-likeness (QED) is 0.635. The molecule has 1 unspecified atom stereocenters. The Hall–Kier alpha value is -2.77. The van der Waals surface area contributed by atoms with Crippen molar-refractivity contribution < 1.29 is 19.1 Å². The molecule has 0 saturated carbocycles. The van der Waals surface area contributed by atoms with Gasteiger partial charge in [0.05, 0.1) is 7.11 Å². The topological polar surface area (TPSA) is 87.7 Å². The Morgan fingerprint density at radius 2 is 1.87 bits per heavy atom. The van der Waals surface area contributed by atoms with E-state index in [9.17, 15) is 14.4 Å². The summed E-state index contributed by atoms with van der Waals surface area (Å²) in [4.78, 5) is 38.5. The maximum atomic E-state index is 12.9. The minimum Gasteiger partial charge on any atom is -0.497 e. The standard InChI is InChI=1S/C21H21Cl2N3O4/c1-21(14-4-7-16(30-2)8-5-14)19(28)26(20(29)25-21)12-18(27)24-10-9-13-3-6-15(22)11-17(13)23/h3-8,11H,9-10,12H2,1-2H3,(H,24,27)(H,25,29). The maximum absolute atomic E-state index is 12.9. The zero-order chi connectivity index (χ0) is 21.9. The summed E-state index contributed by atoms with van der Waals surface area (Å²) in [6, 6.07) is 11.3. The first kappa shape index (κ1) is 21.9. The highest BCUT2D eigenvalue weighted by atomic mass is 35.5. The Morgan fingerprint density at radius 1 is 1.17 bits per heavy atom. The van der Waals surface area contributed by atoms with Crippen LogP contribution < -0.4 is 15.4 Å². The predicted molar refractivity (Wildman–Crippen MR) is 114 cm³/mol. The van der Waals surface area contributed by atoms with Crippen molar-refractivity contribution in [3.8, 4) is 5.75 Å². The van der Waals surface area contributed by atoms with Crippen LogP contribution in [0.3, 0.4) is 0 Å². The summed E-state index contributed by atoms with van der Waals surface area (Å²) in [5, 5.41) is 6.42. The monoisotopic (exact) mass is 449 g/mol. The third kappa shape index (κ3) is 4.52. The molecule has 2 aromatic rings. The number of methoxy groups -OCH3 is 1. The number of ether oxygens (including phenoxy) is 1. The number of rotatable bonds is 7. The van der Waals surface area contributed by atoms with Gasteiger partial charge >= 0.3 is 6.03 Å². The summed E-state index contributed by atoms with van der Waals surface area (Å²) in [5.41, 5.74) is 0.186. The predicted octanol–water partition coefficient (Wildman–Crippen LogP) is 3.13. The number of imide groups is 1. The van der Waals surface area contributed by atoms with E-state index in [1.165, 1.54) is 0 Å². The van der Waals surface area contributed by atoms with Crippen LogP contribution in [-0.2, 0) is 21.5 Å². The zero-order valence-corrected chi connectivity index (χ0v) is 18.0. The number of benzene rings is 2. The van der Waals surface area contributed by atoms with Crippen molar-refractivity contribution in [2.75, 3.05) is 20.2 Å². The highest BCUT2D eigenvalue weighted by molar-refractivity contribution is 6.35. The molecule has 4 amide bonds. The summed E-state index contributed by atoms with van der Waals surface area (Å²) in [6.07, 6.45) is 0.492. The number of hydrogen-bond donors (Lipinski definition) is 2. The number of carbonyl (C=O) groups excluding carboxylic acids is 3. The minimum atomic E-state index is -1.25. The van der Waals surface area contributed by atoms with Gasteiger partial charge in [0, 0.05) is 16.6 Å². The fraction of sp³-hybridized carbons (Fsp3) is 0.286. The number of amides is 4. The fourth-order valence-electron chi connectivity index (χ4n) is 3.22. The van der Waals surface area contributed by atoms with Crippen LogP contribution >= 0.6 is 23.2 Å². The highest BCUT2D eigenvalue weighted by Crippen LogP contribution is 2.30. The van der Waals surface area contributed by atoms with Crippen LogP contribution in [0.15, 0.2) is 42.5 Å². The highest BCUT2D eigenvalue weighted by Gasteiger charge is 2.49. The number of carbonyl (C=O) groups is 3. The van der Waals surface area contributed by atoms with Crippen LogP contribution in [0.4, 0.5) is 4.79 Å². The number of hydrogen-bond acceptors (Lipinski definition) is 4. The van der Waals surface area contributed by atoms with E-state index in [4.69, 9.17) is 27.9 Å². The van der Waals surface area contributed by atoms with Gasteiger partial charge in [0.1, 0.15) is 17.8 Å². The molecule has 1 aliphatic heterocycles. The molecule has 0 aliphatic carbocycles. The molecule has 3 rings (SSSR count). The molecule has 0 radical (unpaired) electrons. The summed E-state index contributed by atoms with van der Waals surface area (Å²) >= 11 is 12.0. The van der Waals surface area contributed by atoms with Gasteiger partial charge < -0.3 is 15.4 Å². The van der Waals surface area contributed by atoms with Crippen molar-refractivity contribution in [1.82, 2.24) is 15.5 Å². The van der Waals surface area contributed by atoms with Crippen molar-refractivity contribution >= 4 is 41.0 Å². The number of halogens is 2. The van der Waals surface area contributed by atoms with Gasteiger partial charge in [-0.2, -0.15) is 0 Å². The second-order valence-electron chi connectivity index (χ2n) is 7.01. The van der Waals surface area contributed by atoms with Crippen molar-refractivity contribution in [3.63, 3.8) is 0 Å². The lowest BCUT2D eigenvalue weighted by Crippen LogP contribution is -2.43. The van der Waals surface area contributed by atoms with Gasteiger partial charge in [-0.05, 0) is 48.7 Å². The second kappa shape index (κ2) is 8.93. The van der Waals surface area contributed by atoms with E-state index in [0.717, 1.165) is 10.5 Å². The van der Waals surface area contributed by atoms with Gasteiger partial charge in [0.2, 0.25) is 5.91 Å². The number of urea groups is 1. The third-order valence-electron chi connectivity index (χ3n) is 4.98. The molecule has 0 spiro atoms. The van der Waals surface area contributed by atoms with E-state index in [0.29, 0.717) is 34.3 Å². The van der Waals surface area contributed by atoms with E-state index in [-0.39, 0.29) is 6.54 Å². The van der Waals surface area contributed by atoms with Crippen LogP contribution in [0.25, 0.3) is 0 Å². The molecule has 1 fully saturated rings. The molecule has 2 N–H and O–H groups in total. The normalized spacial score (nSPS) is 18.3. The largest absolute Gasteiger partial charge is 0.497 e. The lowest BCUT2D eigenvalue weighted by atomic mass is 9.92. The number of nitrogens with one attached hydrogen (secondary N) is 2. The van der Waals surface area contributed by atoms with Crippen LogP contribution in [-0.4, -0.2) is 42.9 Å². The van der Waals surface area contributed by atoms with Gasteiger partial charge in [-0.15, -0.1) is 0 Å². The third-order valence-corrected chi connectivity index (χ3v) is 5.56. The molecule has 2 aromatic carbocycles. The van der Waals surface area contributed by atoms with Gasteiger partial charge in [-0.1, -0.05) is 41.4 Å². The Bertz CT molecular complexity index is 981. The van der Waals surface area contributed by atoms with Crippen molar-refractivity contribution in [1.29, 1.82) is 0 Å². The Balaban J connectivity index is 1.59. The van der Waals surface area contributed by atoms with Crippen LogP contribution in [0, 0.1) is 0 Å². The molecule has 158 valence electrons. The van der Waals surface area contributed by atoms with Crippen molar-refractivity contribution in [2.24, 2.45) is 0 Å². The summed E-state index contributed by atoms with van der Waals surface area (Å²) < 4.78 is 5.12. The zero-order valence-electron chi connectivity index (χ0n) is 16.5. The average Bonchev–Trinajstić information content (AvgIpc) is 2.93. The van der Waals surface area contributed by atoms with Crippen LogP contribution in [0.1, 0.15) is 18.1 Å². The van der Waals surface area contributed by atoms with E-state index >= 15 is 0 Å². The molecular formula is C21H21Cl2N3O4. The van der Waals surface area contributed by atoms with Crippen molar-refractivity contribution in [3.05, 3.63) is 63.6 Å². The summed E-state index contributed by atoms with van der Waals surface area (Å²) in [5.74, 6) is -0.299. The SMILES string of the molecule is COc1ccc(C2(C)NC(=O)N(CC(=O)NCCc3ccc(Cl)cc3Cl)C2=O)cc1. The van der Waals surface area contributed by atoms with Gasteiger partial charge in [-0.25, -0.2) is 4.79 Å². The van der Waals surface area contributed by atoms with Crippen LogP contribution in [0.5, 0.6) is 5.75 Å². The molecule has 9 heteroatoms. The molecule has 30 heavy (non-hydrogen) atoms. The maximum Gasteiger partial charge on any atom is 0.325 e. The average molecular weight is 450 g/mol. The van der Waals surface area contributed by atoms with Gasteiger partial charge in [-0.3, -0.25) is 14.5 Å². The summed E-state index contributed by atoms with van der Waals surface area (Å²) in [6.45, 7) is 1.54. The van der Waals surface area contributed by atoms with Crippen molar-refractivity contribution in [2.45, 2.75) is 18.9 Å². The Morgan fingerprint density at radius 3 is 2.50 bits per heavy atom. The minimum absolute atomic E-state index is 0.305. The molecule has 7 nitrogen and oxygen atoms in total. The molecule has 1 aliphatic rings. The Labute approximate surface area is 184 Å². The molecule has 1 saturated heterocycles. The van der Waals surface area contributed by atoms with E-state index in [2.05, 4.69) is 10.6 Å². The molecule has 1 atom stereocenters. The lowest BCUT2D eigenvalue weighted by molar-refractivity contribution is -0.134. The molecule has 1 heterocycles. The fourth-order valence-corrected chi connectivity index (χ4v) is 3.72. The molecular weight excluding hydrogens is 429 g/mol. The summed E-state index contributed by atoms with van der Waals surface area (Å²) in [7, 11) is 1.54. The van der Waals surface area contributed by atoms with E-state index < -0.39 is 23.4 Å².